The Bertz CT molecular complexity index is 492. The summed E-state index contributed by atoms with van der Waals surface area (Å²) in [7, 11) is 0. The molecule has 1 aromatic rings. The van der Waals surface area contributed by atoms with Crippen molar-refractivity contribution < 1.29 is 19.6 Å². The first-order valence-corrected chi connectivity index (χ1v) is 9.99. The molecule has 0 heterocycles. The van der Waals surface area contributed by atoms with E-state index < -0.39 is 11.8 Å². The normalized spacial score (nSPS) is 8.39. The summed E-state index contributed by atoms with van der Waals surface area (Å²) in [6.07, 6.45) is 3.86. The lowest BCUT2D eigenvalue weighted by Gasteiger charge is -2.06. The number of hydrogen-bond donors (Lipinski definition) is 4. The van der Waals surface area contributed by atoms with Gasteiger partial charge in [0.15, 0.2) is 0 Å². The van der Waals surface area contributed by atoms with E-state index in [4.69, 9.17) is 5.21 Å². The Morgan fingerprint density at radius 2 is 1.36 bits per heavy atom. The van der Waals surface area contributed by atoms with Crippen LogP contribution in [0.25, 0.3) is 0 Å². The zero-order chi connectivity index (χ0) is 22.2. The summed E-state index contributed by atoms with van der Waals surface area (Å²) in [4.78, 5) is 33.6. The molecule has 0 aliphatic heterocycles. The molecule has 0 saturated heterocycles. The van der Waals surface area contributed by atoms with Crippen LogP contribution < -0.4 is 16.1 Å². The zero-order valence-corrected chi connectivity index (χ0v) is 18.3. The van der Waals surface area contributed by atoms with Crippen molar-refractivity contribution in [3.05, 3.63) is 35.9 Å². The molecule has 7 nitrogen and oxygen atoms in total. The minimum absolute atomic E-state index is 0.0329. The van der Waals surface area contributed by atoms with Crippen molar-refractivity contribution in [2.45, 2.75) is 67.2 Å². The maximum absolute atomic E-state index is 11.6. The Kier molecular flexibility index (Phi) is 26.6. The lowest BCUT2D eigenvalue weighted by molar-refractivity contribution is -0.129. The molecular formula is C21H39N3O4. The Labute approximate surface area is 170 Å². The van der Waals surface area contributed by atoms with Gasteiger partial charge in [0.1, 0.15) is 0 Å². The van der Waals surface area contributed by atoms with Crippen molar-refractivity contribution in [3.8, 4) is 0 Å². The van der Waals surface area contributed by atoms with Gasteiger partial charge in [0.05, 0.1) is 6.54 Å². The van der Waals surface area contributed by atoms with E-state index in [2.05, 4.69) is 38.3 Å². The number of carbonyl (C=O) groups is 3. The molecule has 162 valence electrons. The lowest BCUT2D eigenvalue weighted by Crippen LogP contribution is -2.38. The molecule has 0 aliphatic rings. The van der Waals surface area contributed by atoms with Gasteiger partial charge in [-0.25, -0.2) is 5.48 Å². The Balaban J connectivity index is -0.000000589. The van der Waals surface area contributed by atoms with Crippen LogP contribution in [0.4, 0.5) is 0 Å². The van der Waals surface area contributed by atoms with Gasteiger partial charge in [-0.2, -0.15) is 0 Å². The smallest absolute Gasteiger partial charge is 0.251 e. The average molecular weight is 398 g/mol. The molecule has 0 unspecified atom stereocenters. The minimum atomic E-state index is -0.589. The highest BCUT2D eigenvalue weighted by Crippen LogP contribution is 1.97. The van der Waals surface area contributed by atoms with Gasteiger partial charge >= 0.3 is 0 Å². The molecule has 0 fully saturated rings. The first-order chi connectivity index (χ1) is 13.5. The van der Waals surface area contributed by atoms with Crippen LogP contribution in [-0.2, 0) is 9.59 Å². The molecule has 0 radical (unpaired) electrons. The van der Waals surface area contributed by atoms with Crippen molar-refractivity contribution in [1.82, 2.24) is 16.1 Å². The van der Waals surface area contributed by atoms with Crippen molar-refractivity contribution in [1.29, 1.82) is 0 Å². The number of nitrogens with one attached hydrogen (secondary N) is 3. The molecule has 0 spiro atoms. The number of benzene rings is 1. The second kappa shape index (κ2) is 24.6. The summed E-state index contributed by atoms with van der Waals surface area (Å²) in [5.41, 5.74) is 1.92. The van der Waals surface area contributed by atoms with E-state index in [0.29, 0.717) is 5.56 Å². The van der Waals surface area contributed by atoms with E-state index >= 15 is 0 Å². The predicted molar refractivity (Wildman–Crippen MR) is 114 cm³/mol. The second-order valence-electron chi connectivity index (χ2n) is 5.39. The fraction of sp³-hybridized carbons (Fsp3) is 0.571. The van der Waals surface area contributed by atoms with E-state index in [1.165, 1.54) is 24.7 Å². The van der Waals surface area contributed by atoms with E-state index in [1.54, 1.807) is 30.3 Å². The van der Waals surface area contributed by atoms with Crippen molar-refractivity contribution in [3.63, 3.8) is 0 Å². The SMILES string of the molecule is CC.CCC.CCCC.O=C(CCNC(=O)CNC(=O)c1ccccc1)NO. The van der Waals surface area contributed by atoms with Gasteiger partial charge in [-0.05, 0) is 12.1 Å². The average Bonchev–Trinajstić information content (AvgIpc) is 2.74. The molecule has 1 aromatic carbocycles. The van der Waals surface area contributed by atoms with Gasteiger partial charge in [-0.3, -0.25) is 19.6 Å². The third kappa shape index (κ3) is 21.6. The third-order valence-corrected chi connectivity index (χ3v) is 2.74. The van der Waals surface area contributed by atoms with Gasteiger partial charge in [0, 0.05) is 18.5 Å². The third-order valence-electron chi connectivity index (χ3n) is 2.74. The molecule has 0 bridgehead atoms. The molecule has 0 aromatic heterocycles. The number of carbonyl (C=O) groups excluding carboxylic acids is 3. The fourth-order valence-electron chi connectivity index (χ4n) is 1.29. The van der Waals surface area contributed by atoms with E-state index in [9.17, 15) is 14.4 Å². The number of hydroxylamine groups is 1. The summed E-state index contributed by atoms with van der Waals surface area (Å²) in [6.45, 7) is 12.5. The van der Waals surface area contributed by atoms with Crippen molar-refractivity contribution >= 4 is 17.7 Å². The first-order valence-electron chi connectivity index (χ1n) is 9.99. The first kappa shape index (κ1) is 30.3. The summed E-state index contributed by atoms with van der Waals surface area (Å²) in [6, 6.07) is 8.51. The van der Waals surface area contributed by atoms with E-state index in [0.717, 1.165) is 0 Å². The van der Waals surface area contributed by atoms with Crippen molar-refractivity contribution in [2.24, 2.45) is 0 Å². The minimum Gasteiger partial charge on any atom is -0.354 e. The van der Waals surface area contributed by atoms with Gasteiger partial charge in [-0.1, -0.05) is 79.0 Å². The molecule has 28 heavy (non-hydrogen) atoms. The fourth-order valence-corrected chi connectivity index (χ4v) is 1.29. The van der Waals surface area contributed by atoms with Crippen LogP contribution in [-0.4, -0.2) is 36.0 Å². The molecule has 3 amide bonds. The van der Waals surface area contributed by atoms with Gasteiger partial charge in [-0.15, -0.1) is 0 Å². The molecule has 1 rings (SSSR count). The molecule has 0 aliphatic carbocycles. The number of hydrogen-bond acceptors (Lipinski definition) is 4. The van der Waals surface area contributed by atoms with Crippen LogP contribution in [0, 0.1) is 0 Å². The second-order valence-corrected chi connectivity index (χ2v) is 5.39. The topological polar surface area (TPSA) is 108 Å². The maximum atomic E-state index is 11.6. The summed E-state index contributed by atoms with van der Waals surface area (Å²) in [5, 5.41) is 13.1. The Morgan fingerprint density at radius 3 is 1.79 bits per heavy atom. The van der Waals surface area contributed by atoms with Crippen molar-refractivity contribution in [2.75, 3.05) is 13.1 Å². The molecular weight excluding hydrogens is 358 g/mol. The van der Waals surface area contributed by atoms with E-state index in [-0.39, 0.29) is 25.4 Å². The maximum Gasteiger partial charge on any atom is 0.251 e. The zero-order valence-electron chi connectivity index (χ0n) is 18.3. The number of amides is 3. The molecule has 0 saturated carbocycles. The Hall–Kier alpha value is -2.41. The highest BCUT2D eigenvalue weighted by Gasteiger charge is 2.07. The molecule has 0 atom stereocenters. The number of rotatable bonds is 7. The highest BCUT2D eigenvalue weighted by atomic mass is 16.5. The summed E-state index contributed by atoms with van der Waals surface area (Å²) in [5.74, 6) is -1.34. The van der Waals surface area contributed by atoms with Crippen LogP contribution in [0.2, 0.25) is 0 Å². The van der Waals surface area contributed by atoms with Crippen LogP contribution in [0.3, 0.4) is 0 Å². The lowest BCUT2D eigenvalue weighted by atomic mass is 10.2. The van der Waals surface area contributed by atoms with E-state index in [1.807, 2.05) is 13.8 Å². The van der Waals surface area contributed by atoms with Gasteiger partial charge in [0.25, 0.3) is 5.91 Å². The molecule has 7 heteroatoms. The van der Waals surface area contributed by atoms with Crippen LogP contribution >= 0.6 is 0 Å². The van der Waals surface area contributed by atoms with Gasteiger partial charge in [0.2, 0.25) is 11.8 Å². The highest BCUT2D eigenvalue weighted by molar-refractivity contribution is 5.96. The van der Waals surface area contributed by atoms with Crippen LogP contribution in [0.15, 0.2) is 30.3 Å². The van der Waals surface area contributed by atoms with Crippen LogP contribution in [0.5, 0.6) is 0 Å². The summed E-state index contributed by atoms with van der Waals surface area (Å²) < 4.78 is 0. The molecule has 4 N–H and O–H groups in total. The Morgan fingerprint density at radius 1 is 0.857 bits per heavy atom. The van der Waals surface area contributed by atoms with Gasteiger partial charge < -0.3 is 10.6 Å². The quantitative estimate of drug-likeness (QED) is 0.416. The number of unbranched alkanes of at least 4 members (excludes halogenated alkanes) is 1. The summed E-state index contributed by atoms with van der Waals surface area (Å²) >= 11 is 0. The monoisotopic (exact) mass is 397 g/mol. The van der Waals surface area contributed by atoms with Crippen LogP contribution in [0.1, 0.15) is 77.6 Å². The largest absolute Gasteiger partial charge is 0.354 e. The predicted octanol–water partition coefficient (Wildman–Crippen LogP) is 3.68. The standard InChI is InChI=1S/C12H15N3O4.C4H10.C3H8.C2H6/c16-10(15-19)6-7-13-11(17)8-14-12(18)9-4-2-1-3-5-9;1-3-4-2;1-3-2;1-2/h1-5,19H,6-8H2,(H,13,17)(H,14,18)(H,15,16);3-4H2,1-2H3;3H2,1-2H3;1-2H3.